The highest BCUT2D eigenvalue weighted by Crippen LogP contribution is 2.31. The van der Waals surface area contributed by atoms with Gasteiger partial charge >= 0.3 is 6.18 Å². The minimum Gasteiger partial charge on any atom is -0.352 e. The van der Waals surface area contributed by atoms with E-state index in [2.05, 4.69) is 34.0 Å². The van der Waals surface area contributed by atoms with Crippen LogP contribution in [0.25, 0.3) is 11.0 Å². The Balaban J connectivity index is 1.88. The van der Waals surface area contributed by atoms with Crippen LogP contribution in [-0.2, 0) is 6.18 Å². The van der Waals surface area contributed by atoms with Crippen molar-refractivity contribution in [2.24, 2.45) is 5.92 Å². The van der Waals surface area contributed by atoms with Crippen molar-refractivity contribution in [3.05, 3.63) is 30.0 Å². The first-order valence-electron chi connectivity index (χ1n) is 7.67. The highest BCUT2D eigenvalue weighted by Gasteiger charge is 2.30. The third-order valence-corrected chi connectivity index (χ3v) is 4.19. The van der Waals surface area contributed by atoms with Gasteiger partial charge in [0.1, 0.15) is 5.82 Å². The molecule has 0 aliphatic carbocycles. The molecule has 1 fully saturated rings. The average molecular weight is 324 g/mol. The van der Waals surface area contributed by atoms with Gasteiger partial charge in [0.15, 0.2) is 0 Å². The summed E-state index contributed by atoms with van der Waals surface area (Å²) in [5, 5.41) is 3.46. The number of rotatable bonds is 2. The van der Waals surface area contributed by atoms with Crippen LogP contribution in [0.3, 0.4) is 0 Å². The van der Waals surface area contributed by atoms with E-state index >= 15 is 0 Å². The summed E-state index contributed by atoms with van der Waals surface area (Å²) in [7, 11) is 0. The van der Waals surface area contributed by atoms with Crippen molar-refractivity contribution in [1.82, 2.24) is 15.3 Å². The van der Waals surface area contributed by atoms with Gasteiger partial charge in [-0.05, 0) is 24.1 Å². The van der Waals surface area contributed by atoms with Gasteiger partial charge in [-0.1, -0.05) is 13.8 Å². The highest BCUT2D eigenvalue weighted by molar-refractivity contribution is 5.76. The van der Waals surface area contributed by atoms with E-state index in [4.69, 9.17) is 0 Å². The lowest BCUT2D eigenvalue weighted by atomic mass is 10.0. The van der Waals surface area contributed by atoms with Crippen LogP contribution < -0.4 is 10.2 Å². The summed E-state index contributed by atoms with van der Waals surface area (Å²) >= 11 is 0. The van der Waals surface area contributed by atoms with E-state index in [0.717, 1.165) is 31.8 Å². The summed E-state index contributed by atoms with van der Waals surface area (Å²) in [4.78, 5) is 10.8. The predicted molar refractivity (Wildman–Crippen MR) is 83.4 cm³/mol. The van der Waals surface area contributed by atoms with Crippen LogP contribution in [0, 0.1) is 5.92 Å². The predicted octanol–water partition coefficient (Wildman–Crippen LogP) is 3.08. The molecule has 1 saturated heterocycles. The van der Waals surface area contributed by atoms with E-state index in [1.54, 1.807) is 6.20 Å². The molecule has 1 aromatic heterocycles. The molecular formula is C16H19F3N4. The molecule has 0 unspecified atom stereocenters. The van der Waals surface area contributed by atoms with Crippen molar-refractivity contribution >= 4 is 16.9 Å². The van der Waals surface area contributed by atoms with E-state index in [1.807, 2.05) is 0 Å². The van der Waals surface area contributed by atoms with Crippen molar-refractivity contribution in [3.63, 3.8) is 0 Å². The Bertz CT molecular complexity index is 699. The zero-order chi connectivity index (χ0) is 16.6. The van der Waals surface area contributed by atoms with Gasteiger partial charge in [-0.25, -0.2) is 4.98 Å². The van der Waals surface area contributed by atoms with Gasteiger partial charge in [0.2, 0.25) is 0 Å². The van der Waals surface area contributed by atoms with Crippen LogP contribution in [0.1, 0.15) is 19.4 Å². The number of fused-ring (bicyclic) bond motifs is 1. The summed E-state index contributed by atoms with van der Waals surface area (Å²) in [5.41, 5.74) is 0.0448. The summed E-state index contributed by atoms with van der Waals surface area (Å²) in [5.74, 6) is 1.21. The molecule has 2 aromatic rings. The van der Waals surface area contributed by atoms with Gasteiger partial charge in [-0.15, -0.1) is 0 Å². The van der Waals surface area contributed by atoms with E-state index in [-0.39, 0.29) is 5.52 Å². The van der Waals surface area contributed by atoms with E-state index < -0.39 is 11.7 Å². The molecule has 0 saturated carbocycles. The van der Waals surface area contributed by atoms with Crippen molar-refractivity contribution in [2.45, 2.75) is 26.1 Å². The van der Waals surface area contributed by atoms with Crippen molar-refractivity contribution in [1.29, 1.82) is 0 Å². The molecule has 1 N–H and O–H groups in total. The van der Waals surface area contributed by atoms with E-state index in [1.165, 1.54) is 6.07 Å². The number of alkyl halides is 3. The van der Waals surface area contributed by atoms with Crippen LogP contribution in [0.2, 0.25) is 0 Å². The fourth-order valence-electron chi connectivity index (χ4n) is 2.76. The minimum absolute atomic E-state index is 0.263. The zero-order valence-electron chi connectivity index (χ0n) is 13.1. The summed E-state index contributed by atoms with van der Waals surface area (Å²) in [6, 6.07) is 3.85. The summed E-state index contributed by atoms with van der Waals surface area (Å²) in [6.45, 7) is 6.80. The quantitative estimate of drug-likeness (QED) is 0.922. The second-order valence-electron chi connectivity index (χ2n) is 6.18. The molecule has 0 bridgehead atoms. The third-order valence-electron chi connectivity index (χ3n) is 4.19. The second kappa shape index (κ2) is 5.96. The maximum absolute atomic E-state index is 12.7. The fraction of sp³-hybridized carbons (Fsp3) is 0.500. The number of hydrogen-bond donors (Lipinski definition) is 1. The molecule has 2 heterocycles. The van der Waals surface area contributed by atoms with Gasteiger partial charge < -0.3 is 10.2 Å². The lowest BCUT2D eigenvalue weighted by Crippen LogP contribution is -2.53. The first kappa shape index (κ1) is 16.0. The molecule has 23 heavy (non-hydrogen) atoms. The standard InChI is InChI=1S/C16H19F3N4/c1-10(2)14-9-23(6-5-20-14)15-8-21-13-7-11(16(17,18)19)3-4-12(13)22-15/h3-4,7-8,10,14,20H,5-6,9H2,1-2H3/t14-/m0/s1. The lowest BCUT2D eigenvalue weighted by Gasteiger charge is -2.36. The van der Waals surface area contributed by atoms with Crippen molar-refractivity contribution < 1.29 is 13.2 Å². The second-order valence-corrected chi connectivity index (χ2v) is 6.18. The number of benzene rings is 1. The Kier molecular flexibility index (Phi) is 4.14. The number of piperazine rings is 1. The normalized spacial score (nSPS) is 19.6. The first-order valence-corrected chi connectivity index (χ1v) is 7.67. The Labute approximate surface area is 132 Å². The van der Waals surface area contributed by atoms with E-state index in [9.17, 15) is 13.2 Å². The molecule has 0 spiro atoms. The van der Waals surface area contributed by atoms with Crippen LogP contribution in [0.5, 0.6) is 0 Å². The maximum atomic E-state index is 12.7. The maximum Gasteiger partial charge on any atom is 0.416 e. The van der Waals surface area contributed by atoms with Crippen LogP contribution >= 0.6 is 0 Å². The molecular weight excluding hydrogens is 305 g/mol. The summed E-state index contributed by atoms with van der Waals surface area (Å²) in [6.07, 6.45) is -2.80. The summed E-state index contributed by atoms with van der Waals surface area (Å²) < 4.78 is 38.2. The molecule has 1 aromatic carbocycles. The average Bonchev–Trinajstić information content (AvgIpc) is 2.53. The monoisotopic (exact) mass is 324 g/mol. The molecule has 7 heteroatoms. The van der Waals surface area contributed by atoms with Gasteiger partial charge in [0.25, 0.3) is 0 Å². The van der Waals surface area contributed by atoms with Gasteiger partial charge in [-0.2, -0.15) is 13.2 Å². The van der Waals surface area contributed by atoms with Crippen LogP contribution in [0.4, 0.5) is 19.0 Å². The molecule has 0 radical (unpaired) electrons. The van der Waals surface area contributed by atoms with Gasteiger partial charge in [0.05, 0.1) is 22.8 Å². The number of nitrogens with zero attached hydrogens (tertiary/aromatic N) is 3. The number of hydrogen-bond acceptors (Lipinski definition) is 4. The number of nitrogens with one attached hydrogen (secondary N) is 1. The Morgan fingerprint density at radius 1 is 1.26 bits per heavy atom. The van der Waals surface area contributed by atoms with Gasteiger partial charge in [0, 0.05) is 25.7 Å². The van der Waals surface area contributed by atoms with Crippen LogP contribution in [-0.4, -0.2) is 35.6 Å². The lowest BCUT2D eigenvalue weighted by molar-refractivity contribution is -0.137. The molecule has 1 atom stereocenters. The molecule has 0 amide bonds. The van der Waals surface area contributed by atoms with Crippen molar-refractivity contribution in [3.8, 4) is 0 Å². The Morgan fingerprint density at radius 2 is 2.04 bits per heavy atom. The van der Waals surface area contributed by atoms with Crippen molar-refractivity contribution in [2.75, 3.05) is 24.5 Å². The van der Waals surface area contributed by atoms with Gasteiger partial charge in [-0.3, -0.25) is 4.98 Å². The molecule has 1 aliphatic rings. The molecule has 1 aliphatic heterocycles. The Morgan fingerprint density at radius 3 is 2.74 bits per heavy atom. The zero-order valence-corrected chi connectivity index (χ0v) is 13.1. The first-order chi connectivity index (χ1) is 10.8. The van der Waals surface area contributed by atoms with E-state index in [0.29, 0.717) is 23.3 Å². The largest absolute Gasteiger partial charge is 0.416 e. The van der Waals surface area contributed by atoms with Crippen LogP contribution in [0.15, 0.2) is 24.4 Å². The SMILES string of the molecule is CC(C)[C@@H]1CN(c2cnc3cc(C(F)(F)F)ccc3n2)CCN1. The third kappa shape index (κ3) is 3.39. The molecule has 3 rings (SSSR count). The smallest absolute Gasteiger partial charge is 0.352 e. The number of halogens is 3. The topological polar surface area (TPSA) is 41.1 Å². The number of aromatic nitrogens is 2. The molecule has 124 valence electrons. The molecule has 4 nitrogen and oxygen atoms in total. The fourth-order valence-corrected chi connectivity index (χ4v) is 2.76. The Hall–Kier alpha value is -1.89. The highest BCUT2D eigenvalue weighted by atomic mass is 19.4. The minimum atomic E-state index is -4.36. The number of anilines is 1.